The van der Waals surface area contributed by atoms with E-state index >= 15 is 0 Å². The Morgan fingerprint density at radius 1 is 1.12 bits per heavy atom. The van der Waals surface area contributed by atoms with Gasteiger partial charge in [-0.25, -0.2) is 0 Å². The average Bonchev–Trinajstić information content (AvgIpc) is 3.09. The molecule has 0 unspecified atom stereocenters. The molecule has 0 aliphatic carbocycles. The largest absolute Gasteiger partial charge is 0.497 e. The zero-order valence-electron chi connectivity index (χ0n) is 13.4. The van der Waals surface area contributed by atoms with Crippen LogP contribution in [0.25, 0.3) is 5.69 Å². The van der Waals surface area contributed by atoms with Crippen molar-refractivity contribution < 1.29 is 9.53 Å². The van der Waals surface area contributed by atoms with Gasteiger partial charge in [-0.2, -0.15) is 4.68 Å². The topological polar surface area (TPSA) is 81.9 Å². The summed E-state index contributed by atoms with van der Waals surface area (Å²) in [5.74, 6) is 1.13. The molecule has 0 atom stereocenters. The molecule has 3 rings (SSSR count). The maximum Gasteiger partial charge on any atom is 0.251 e. The summed E-state index contributed by atoms with van der Waals surface area (Å²) in [4.78, 5) is 12.2. The van der Waals surface area contributed by atoms with Crippen molar-refractivity contribution in [2.24, 2.45) is 0 Å². The lowest BCUT2D eigenvalue weighted by atomic mass is 10.1. The molecule has 0 aliphatic rings. The lowest BCUT2D eigenvalue weighted by Crippen LogP contribution is -2.24. The van der Waals surface area contributed by atoms with Crippen LogP contribution < -0.4 is 10.1 Å². The zero-order chi connectivity index (χ0) is 16.9. The summed E-state index contributed by atoms with van der Waals surface area (Å²) in [6.07, 6.45) is 0. The predicted molar refractivity (Wildman–Crippen MR) is 88.1 cm³/mol. The zero-order valence-corrected chi connectivity index (χ0v) is 13.4. The van der Waals surface area contributed by atoms with E-state index in [1.165, 1.54) is 0 Å². The van der Waals surface area contributed by atoms with E-state index in [-0.39, 0.29) is 12.5 Å². The molecule has 0 aliphatic heterocycles. The number of hydrogen-bond donors (Lipinski definition) is 1. The van der Waals surface area contributed by atoms with E-state index in [1.54, 1.807) is 23.9 Å². The molecule has 7 nitrogen and oxygen atoms in total. The molecule has 2 aromatic carbocycles. The van der Waals surface area contributed by atoms with Crippen LogP contribution in [0, 0.1) is 6.92 Å². The molecule has 0 radical (unpaired) electrons. The molecule has 1 aromatic heterocycles. The van der Waals surface area contributed by atoms with Gasteiger partial charge in [0.15, 0.2) is 5.82 Å². The number of methoxy groups -OCH3 is 1. The van der Waals surface area contributed by atoms with Crippen LogP contribution in [0.5, 0.6) is 5.75 Å². The number of rotatable bonds is 5. The van der Waals surface area contributed by atoms with E-state index in [2.05, 4.69) is 20.8 Å². The number of ether oxygens (including phenoxy) is 1. The Bertz CT molecular complexity index is 825. The summed E-state index contributed by atoms with van der Waals surface area (Å²) < 4.78 is 6.71. The van der Waals surface area contributed by atoms with Crippen molar-refractivity contribution in [1.82, 2.24) is 25.5 Å². The SMILES string of the molecule is COc1ccc(-n2nnnc2CNC(=O)c2ccc(C)cc2)cc1. The van der Waals surface area contributed by atoms with Crippen molar-refractivity contribution in [3.05, 3.63) is 65.5 Å². The molecule has 0 spiro atoms. The van der Waals surface area contributed by atoms with Gasteiger partial charge in [0.2, 0.25) is 0 Å². The van der Waals surface area contributed by atoms with Gasteiger partial charge in [0, 0.05) is 5.56 Å². The molecular formula is C17H17N5O2. The van der Waals surface area contributed by atoms with Crippen LogP contribution >= 0.6 is 0 Å². The smallest absolute Gasteiger partial charge is 0.251 e. The fourth-order valence-electron chi connectivity index (χ4n) is 2.21. The van der Waals surface area contributed by atoms with Gasteiger partial charge in [-0.15, -0.1) is 5.10 Å². The first-order chi connectivity index (χ1) is 11.7. The molecule has 0 bridgehead atoms. The maximum absolute atomic E-state index is 12.2. The minimum atomic E-state index is -0.167. The number of aryl methyl sites for hydroxylation is 1. The van der Waals surface area contributed by atoms with Crippen LogP contribution in [-0.4, -0.2) is 33.2 Å². The molecule has 7 heteroatoms. The van der Waals surface area contributed by atoms with Gasteiger partial charge in [-0.05, 0) is 53.7 Å². The van der Waals surface area contributed by atoms with Crippen molar-refractivity contribution in [1.29, 1.82) is 0 Å². The molecule has 122 valence electrons. The van der Waals surface area contributed by atoms with E-state index in [1.807, 2.05) is 43.3 Å². The van der Waals surface area contributed by atoms with Crippen LogP contribution in [0.2, 0.25) is 0 Å². The Labute approximate surface area is 139 Å². The van der Waals surface area contributed by atoms with Crippen molar-refractivity contribution in [2.75, 3.05) is 7.11 Å². The van der Waals surface area contributed by atoms with Crippen LogP contribution in [0.4, 0.5) is 0 Å². The van der Waals surface area contributed by atoms with E-state index in [4.69, 9.17) is 4.74 Å². The minimum absolute atomic E-state index is 0.167. The van der Waals surface area contributed by atoms with Gasteiger partial charge in [0.05, 0.1) is 19.3 Å². The predicted octanol–water partition coefficient (Wildman–Crippen LogP) is 1.91. The Morgan fingerprint density at radius 3 is 2.50 bits per heavy atom. The third-order valence-corrected chi connectivity index (χ3v) is 3.57. The van der Waals surface area contributed by atoms with Crippen LogP contribution in [0.1, 0.15) is 21.7 Å². The van der Waals surface area contributed by atoms with E-state index in [0.717, 1.165) is 17.0 Å². The number of carbonyl (C=O) groups excluding carboxylic acids is 1. The second kappa shape index (κ2) is 6.91. The van der Waals surface area contributed by atoms with Gasteiger partial charge < -0.3 is 10.1 Å². The Balaban J connectivity index is 1.71. The van der Waals surface area contributed by atoms with Gasteiger partial charge >= 0.3 is 0 Å². The molecule has 24 heavy (non-hydrogen) atoms. The first kappa shape index (κ1) is 15.7. The molecule has 3 aromatic rings. The second-order valence-electron chi connectivity index (χ2n) is 5.25. The highest BCUT2D eigenvalue weighted by Crippen LogP contribution is 2.14. The summed E-state index contributed by atoms with van der Waals surface area (Å²) in [5, 5.41) is 14.4. The Hall–Kier alpha value is -3.22. The van der Waals surface area contributed by atoms with E-state index in [0.29, 0.717) is 11.4 Å². The van der Waals surface area contributed by atoms with Crippen molar-refractivity contribution >= 4 is 5.91 Å². The highest BCUT2D eigenvalue weighted by molar-refractivity contribution is 5.94. The molecule has 0 saturated heterocycles. The molecule has 1 heterocycles. The average molecular weight is 323 g/mol. The number of benzene rings is 2. The number of aromatic nitrogens is 4. The maximum atomic E-state index is 12.2. The van der Waals surface area contributed by atoms with E-state index in [9.17, 15) is 4.79 Å². The van der Waals surface area contributed by atoms with Gasteiger partial charge in [-0.1, -0.05) is 17.7 Å². The molecule has 0 saturated carbocycles. The first-order valence-electron chi connectivity index (χ1n) is 7.44. The van der Waals surface area contributed by atoms with Gasteiger partial charge in [-0.3, -0.25) is 4.79 Å². The summed E-state index contributed by atoms with van der Waals surface area (Å²) in [6, 6.07) is 14.7. The van der Waals surface area contributed by atoms with Gasteiger partial charge in [0.25, 0.3) is 5.91 Å². The van der Waals surface area contributed by atoms with Crippen molar-refractivity contribution in [3.8, 4) is 11.4 Å². The number of carbonyl (C=O) groups is 1. The fourth-order valence-corrected chi connectivity index (χ4v) is 2.21. The number of nitrogens with zero attached hydrogens (tertiary/aromatic N) is 4. The summed E-state index contributed by atoms with van der Waals surface area (Å²) in [5.41, 5.74) is 2.50. The van der Waals surface area contributed by atoms with E-state index < -0.39 is 0 Å². The quantitative estimate of drug-likeness (QED) is 0.775. The highest BCUT2D eigenvalue weighted by Gasteiger charge is 2.11. The standard InChI is InChI=1S/C17H17N5O2/c1-12-3-5-13(6-4-12)17(23)18-11-16-19-20-21-22(16)14-7-9-15(24-2)10-8-14/h3-10H,11H2,1-2H3,(H,18,23). The highest BCUT2D eigenvalue weighted by atomic mass is 16.5. The molecule has 1 N–H and O–H groups in total. The summed E-state index contributed by atoms with van der Waals surface area (Å²) >= 11 is 0. The number of nitrogens with one attached hydrogen (secondary N) is 1. The second-order valence-corrected chi connectivity index (χ2v) is 5.25. The molecule has 1 amide bonds. The minimum Gasteiger partial charge on any atom is -0.497 e. The van der Waals surface area contributed by atoms with Crippen LogP contribution in [-0.2, 0) is 6.54 Å². The first-order valence-corrected chi connectivity index (χ1v) is 7.44. The number of amides is 1. The van der Waals surface area contributed by atoms with Crippen LogP contribution in [0.3, 0.4) is 0 Å². The molecule has 0 fully saturated rings. The van der Waals surface area contributed by atoms with Crippen LogP contribution in [0.15, 0.2) is 48.5 Å². The normalized spacial score (nSPS) is 10.4. The van der Waals surface area contributed by atoms with Gasteiger partial charge in [0.1, 0.15) is 5.75 Å². The third-order valence-electron chi connectivity index (χ3n) is 3.57. The molecular weight excluding hydrogens is 306 g/mol. The van der Waals surface area contributed by atoms with Crippen molar-refractivity contribution in [3.63, 3.8) is 0 Å². The summed E-state index contributed by atoms with van der Waals surface area (Å²) in [6.45, 7) is 2.20. The Kier molecular flexibility index (Phi) is 4.51. The monoisotopic (exact) mass is 323 g/mol. The number of tetrazole rings is 1. The number of hydrogen-bond acceptors (Lipinski definition) is 5. The van der Waals surface area contributed by atoms with Crippen molar-refractivity contribution in [2.45, 2.75) is 13.5 Å². The lowest BCUT2D eigenvalue weighted by Gasteiger charge is -2.07. The lowest BCUT2D eigenvalue weighted by molar-refractivity contribution is 0.0949. The Morgan fingerprint density at radius 2 is 1.83 bits per heavy atom. The third kappa shape index (κ3) is 3.40. The summed E-state index contributed by atoms with van der Waals surface area (Å²) in [7, 11) is 1.61. The fraction of sp³-hybridized carbons (Fsp3) is 0.176.